The van der Waals surface area contributed by atoms with Crippen molar-refractivity contribution in [3.8, 4) is 17.5 Å². The van der Waals surface area contributed by atoms with Crippen molar-refractivity contribution < 1.29 is 4.52 Å². The second kappa shape index (κ2) is 5.24. The van der Waals surface area contributed by atoms with Crippen LogP contribution in [0.1, 0.15) is 30.3 Å². The summed E-state index contributed by atoms with van der Waals surface area (Å²) in [4.78, 5) is 4.51. The van der Waals surface area contributed by atoms with Gasteiger partial charge >= 0.3 is 0 Å². The third kappa shape index (κ3) is 2.24. The third-order valence-corrected chi connectivity index (χ3v) is 4.03. The monoisotopic (exact) mass is 290 g/mol. The maximum atomic E-state index is 9.01. The lowest BCUT2D eigenvalue weighted by Crippen LogP contribution is -2.14. The molecule has 1 aliphatic rings. The van der Waals surface area contributed by atoms with Crippen molar-refractivity contribution in [3.63, 3.8) is 0 Å². The standard InChI is InChI=1S/C17H14N4O/c18-10-11-3-4-12-5-6-13(9-14(12)8-11)17-20-16(21-22-17)15-2-1-7-19-15/h3-6,8-9,15,19H,1-2,7H2. The summed E-state index contributed by atoms with van der Waals surface area (Å²) in [7, 11) is 0. The number of nitrogens with one attached hydrogen (secondary N) is 1. The molecule has 1 atom stereocenters. The van der Waals surface area contributed by atoms with E-state index in [1.54, 1.807) is 0 Å². The minimum absolute atomic E-state index is 0.197. The zero-order valence-electron chi connectivity index (χ0n) is 11.9. The van der Waals surface area contributed by atoms with Gasteiger partial charge in [-0.2, -0.15) is 10.2 Å². The SMILES string of the molecule is N#Cc1ccc2ccc(-c3nc(C4CCCN4)no3)cc2c1. The summed E-state index contributed by atoms with van der Waals surface area (Å²) in [6.45, 7) is 1.00. The van der Waals surface area contributed by atoms with E-state index in [1.165, 1.54) is 0 Å². The lowest BCUT2D eigenvalue weighted by molar-refractivity contribution is 0.412. The molecular weight excluding hydrogens is 276 g/mol. The Labute approximate surface area is 127 Å². The summed E-state index contributed by atoms with van der Waals surface area (Å²) >= 11 is 0. The van der Waals surface area contributed by atoms with Crippen LogP contribution in [0.2, 0.25) is 0 Å². The van der Waals surface area contributed by atoms with Crippen molar-refractivity contribution in [2.24, 2.45) is 0 Å². The van der Waals surface area contributed by atoms with Crippen LogP contribution in [-0.4, -0.2) is 16.7 Å². The van der Waals surface area contributed by atoms with Crippen LogP contribution in [0.5, 0.6) is 0 Å². The number of nitriles is 1. The van der Waals surface area contributed by atoms with Crippen LogP contribution in [0.4, 0.5) is 0 Å². The second-order valence-electron chi connectivity index (χ2n) is 5.50. The lowest BCUT2D eigenvalue weighted by atomic mass is 10.0. The van der Waals surface area contributed by atoms with Crippen molar-refractivity contribution in [3.05, 3.63) is 47.8 Å². The van der Waals surface area contributed by atoms with Gasteiger partial charge in [0.1, 0.15) is 0 Å². The summed E-state index contributed by atoms with van der Waals surface area (Å²) in [5.41, 5.74) is 1.52. The Balaban J connectivity index is 1.72. The van der Waals surface area contributed by atoms with Gasteiger partial charge in [-0.3, -0.25) is 0 Å². The molecule has 0 amide bonds. The molecule has 1 fully saturated rings. The molecule has 1 unspecified atom stereocenters. The Hall–Kier alpha value is -2.71. The fourth-order valence-corrected chi connectivity index (χ4v) is 2.85. The molecule has 0 bridgehead atoms. The number of hydrogen-bond acceptors (Lipinski definition) is 5. The fraction of sp³-hybridized carbons (Fsp3) is 0.235. The molecule has 1 aromatic heterocycles. The topological polar surface area (TPSA) is 74.7 Å². The number of hydrogen-bond donors (Lipinski definition) is 1. The van der Waals surface area contributed by atoms with E-state index in [2.05, 4.69) is 21.5 Å². The molecule has 1 aliphatic heterocycles. The van der Waals surface area contributed by atoms with E-state index in [9.17, 15) is 0 Å². The maximum absolute atomic E-state index is 9.01. The molecule has 3 aromatic rings. The lowest BCUT2D eigenvalue weighted by Gasteiger charge is -2.02. The van der Waals surface area contributed by atoms with Crippen LogP contribution in [-0.2, 0) is 0 Å². The smallest absolute Gasteiger partial charge is 0.258 e. The molecule has 0 saturated carbocycles. The quantitative estimate of drug-likeness (QED) is 0.784. The van der Waals surface area contributed by atoms with Crippen LogP contribution in [0.15, 0.2) is 40.9 Å². The van der Waals surface area contributed by atoms with Crippen LogP contribution in [0.3, 0.4) is 0 Å². The second-order valence-corrected chi connectivity index (χ2v) is 5.50. The third-order valence-electron chi connectivity index (χ3n) is 4.03. The van der Waals surface area contributed by atoms with Gasteiger partial charge in [-0.05, 0) is 54.4 Å². The molecule has 5 nitrogen and oxygen atoms in total. The average Bonchev–Trinajstić information content (AvgIpc) is 3.24. The first-order chi connectivity index (χ1) is 10.8. The molecule has 2 aromatic carbocycles. The van der Waals surface area contributed by atoms with E-state index in [-0.39, 0.29) is 6.04 Å². The van der Waals surface area contributed by atoms with Crippen molar-refractivity contribution in [1.82, 2.24) is 15.5 Å². The highest BCUT2D eigenvalue weighted by atomic mass is 16.5. The van der Waals surface area contributed by atoms with Crippen LogP contribution >= 0.6 is 0 Å². The van der Waals surface area contributed by atoms with Gasteiger partial charge in [-0.25, -0.2) is 0 Å². The Bertz CT molecular complexity index is 872. The first-order valence-electron chi connectivity index (χ1n) is 7.35. The molecule has 1 saturated heterocycles. The van der Waals surface area contributed by atoms with E-state index in [0.29, 0.717) is 11.5 Å². The Morgan fingerprint density at radius 3 is 2.91 bits per heavy atom. The Morgan fingerprint density at radius 1 is 1.18 bits per heavy atom. The van der Waals surface area contributed by atoms with Gasteiger partial charge < -0.3 is 9.84 Å². The van der Waals surface area contributed by atoms with E-state index >= 15 is 0 Å². The largest absolute Gasteiger partial charge is 0.334 e. The zero-order chi connectivity index (χ0) is 14.9. The summed E-state index contributed by atoms with van der Waals surface area (Å²) in [6.07, 6.45) is 2.18. The first-order valence-corrected chi connectivity index (χ1v) is 7.35. The molecule has 108 valence electrons. The van der Waals surface area contributed by atoms with Gasteiger partial charge in [0.2, 0.25) is 0 Å². The predicted molar refractivity (Wildman–Crippen MR) is 81.9 cm³/mol. The number of fused-ring (bicyclic) bond motifs is 1. The minimum atomic E-state index is 0.197. The zero-order valence-corrected chi connectivity index (χ0v) is 11.9. The highest BCUT2D eigenvalue weighted by molar-refractivity contribution is 5.87. The molecule has 0 aliphatic carbocycles. The molecular formula is C17H14N4O. The highest BCUT2D eigenvalue weighted by Gasteiger charge is 2.22. The number of nitrogens with zero attached hydrogens (tertiary/aromatic N) is 3. The predicted octanol–water partition coefficient (Wildman–Crippen LogP) is 3.19. The highest BCUT2D eigenvalue weighted by Crippen LogP contribution is 2.26. The number of rotatable bonds is 2. The van der Waals surface area contributed by atoms with Crippen molar-refractivity contribution in [2.45, 2.75) is 18.9 Å². The van der Waals surface area contributed by atoms with Gasteiger partial charge in [0.25, 0.3) is 5.89 Å². The first kappa shape index (κ1) is 13.0. The fourth-order valence-electron chi connectivity index (χ4n) is 2.85. The van der Waals surface area contributed by atoms with Crippen LogP contribution in [0, 0.1) is 11.3 Å². The maximum Gasteiger partial charge on any atom is 0.258 e. The number of aromatic nitrogens is 2. The molecule has 0 radical (unpaired) electrons. The summed E-state index contributed by atoms with van der Waals surface area (Å²) in [5.74, 6) is 1.24. The van der Waals surface area contributed by atoms with Crippen molar-refractivity contribution in [2.75, 3.05) is 6.54 Å². The Kier molecular flexibility index (Phi) is 3.10. The molecule has 1 N–H and O–H groups in total. The van der Waals surface area contributed by atoms with Crippen molar-refractivity contribution in [1.29, 1.82) is 5.26 Å². The summed E-state index contributed by atoms with van der Waals surface area (Å²) in [6, 6.07) is 13.9. The van der Waals surface area contributed by atoms with E-state index in [0.717, 1.165) is 41.5 Å². The average molecular weight is 290 g/mol. The Morgan fingerprint density at radius 2 is 2.09 bits per heavy atom. The van der Waals surface area contributed by atoms with Gasteiger partial charge in [-0.1, -0.05) is 17.3 Å². The molecule has 22 heavy (non-hydrogen) atoms. The van der Waals surface area contributed by atoms with E-state index in [1.807, 2.05) is 36.4 Å². The molecule has 0 spiro atoms. The van der Waals surface area contributed by atoms with Crippen LogP contribution in [0.25, 0.3) is 22.2 Å². The summed E-state index contributed by atoms with van der Waals surface area (Å²) in [5, 5.41) is 18.5. The number of benzene rings is 2. The molecule has 4 rings (SSSR count). The molecule has 5 heteroatoms. The van der Waals surface area contributed by atoms with Gasteiger partial charge in [-0.15, -0.1) is 0 Å². The summed E-state index contributed by atoms with van der Waals surface area (Å²) < 4.78 is 5.40. The van der Waals surface area contributed by atoms with E-state index < -0.39 is 0 Å². The normalized spacial score (nSPS) is 17.7. The molecule has 2 heterocycles. The minimum Gasteiger partial charge on any atom is -0.334 e. The van der Waals surface area contributed by atoms with Crippen molar-refractivity contribution >= 4 is 10.8 Å². The van der Waals surface area contributed by atoms with Gasteiger partial charge in [0, 0.05) is 5.56 Å². The van der Waals surface area contributed by atoms with Gasteiger partial charge in [0.15, 0.2) is 5.82 Å². The van der Waals surface area contributed by atoms with Gasteiger partial charge in [0.05, 0.1) is 17.7 Å². The van der Waals surface area contributed by atoms with E-state index in [4.69, 9.17) is 9.78 Å². The van der Waals surface area contributed by atoms with Crippen LogP contribution < -0.4 is 5.32 Å².